The zero-order valence-corrected chi connectivity index (χ0v) is 9.39. The summed E-state index contributed by atoms with van der Waals surface area (Å²) in [4.78, 5) is 4.46. The van der Waals surface area contributed by atoms with E-state index in [0.717, 1.165) is 34.0 Å². The second-order valence-corrected chi connectivity index (χ2v) is 3.85. The summed E-state index contributed by atoms with van der Waals surface area (Å²) in [6, 6.07) is 4.03. The summed E-state index contributed by atoms with van der Waals surface area (Å²) in [6.07, 6.45) is 0. The van der Waals surface area contributed by atoms with Gasteiger partial charge < -0.3 is 4.57 Å². The molecule has 1 heterocycles. The predicted molar refractivity (Wildman–Crippen MR) is 59.9 cm³/mol. The Morgan fingerprint density at radius 3 is 2.71 bits per heavy atom. The minimum absolute atomic E-state index is 0.824. The van der Waals surface area contributed by atoms with Crippen molar-refractivity contribution in [3.63, 3.8) is 0 Å². The van der Waals surface area contributed by atoms with Crippen molar-refractivity contribution in [2.45, 2.75) is 27.3 Å². The van der Waals surface area contributed by atoms with Gasteiger partial charge in [0.1, 0.15) is 5.82 Å². The molecule has 0 radical (unpaired) electrons. The van der Waals surface area contributed by atoms with Gasteiger partial charge in [0.25, 0.3) is 0 Å². The highest BCUT2D eigenvalue weighted by Gasteiger charge is 2.10. The maximum atomic E-state index is 6.26. The number of nitrogens with zero attached hydrogens (tertiary/aromatic N) is 2. The highest BCUT2D eigenvalue weighted by atomic mass is 35.5. The van der Waals surface area contributed by atoms with Crippen molar-refractivity contribution in [2.75, 3.05) is 0 Å². The predicted octanol–water partition coefficient (Wildman–Crippen LogP) is 3.33. The van der Waals surface area contributed by atoms with Gasteiger partial charge in [0.15, 0.2) is 0 Å². The van der Waals surface area contributed by atoms with Crippen LogP contribution in [0.15, 0.2) is 12.1 Å². The van der Waals surface area contributed by atoms with Crippen molar-refractivity contribution in [1.29, 1.82) is 0 Å². The van der Waals surface area contributed by atoms with Crippen LogP contribution in [0.1, 0.15) is 18.3 Å². The first-order valence-corrected chi connectivity index (χ1v) is 5.15. The van der Waals surface area contributed by atoms with E-state index in [4.69, 9.17) is 11.6 Å². The molecule has 0 saturated carbocycles. The first-order valence-electron chi connectivity index (χ1n) is 4.77. The fourth-order valence-electron chi connectivity index (χ4n) is 1.79. The summed E-state index contributed by atoms with van der Waals surface area (Å²) in [7, 11) is 0. The number of hydrogen-bond acceptors (Lipinski definition) is 1. The molecule has 1 aromatic carbocycles. The Balaban J connectivity index is 2.90. The third-order valence-electron chi connectivity index (χ3n) is 2.55. The van der Waals surface area contributed by atoms with E-state index in [0.29, 0.717) is 0 Å². The monoisotopic (exact) mass is 208 g/mol. The third-order valence-corrected chi connectivity index (χ3v) is 3.02. The van der Waals surface area contributed by atoms with Crippen LogP contribution in [-0.4, -0.2) is 9.55 Å². The van der Waals surface area contributed by atoms with Gasteiger partial charge >= 0.3 is 0 Å². The van der Waals surface area contributed by atoms with Crippen LogP contribution in [-0.2, 0) is 6.54 Å². The van der Waals surface area contributed by atoms with Crippen molar-refractivity contribution in [3.8, 4) is 0 Å². The lowest BCUT2D eigenvalue weighted by atomic mass is 10.2. The Morgan fingerprint density at radius 2 is 2.07 bits per heavy atom. The van der Waals surface area contributed by atoms with E-state index in [1.807, 2.05) is 26.0 Å². The molecule has 3 heteroatoms. The van der Waals surface area contributed by atoms with E-state index in [9.17, 15) is 0 Å². The Hall–Kier alpha value is -1.02. The molecule has 0 unspecified atom stereocenters. The molecule has 0 fully saturated rings. The number of aryl methyl sites for hydroxylation is 3. The zero-order chi connectivity index (χ0) is 10.3. The lowest BCUT2D eigenvalue weighted by Gasteiger charge is -2.04. The van der Waals surface area contributed by atoms with Crippen LogP contribution < -0.4 is 0 Å². The largest absolute Gasteiger partial charge is 0.327 e. The molecular formula is C11H13ClN2. The third kappa shape index (κ3) is 1.22. The maximum absolute atomic E-state index is 6.26. The molecule has 74 valence electrons. The fourth-order valence-corrected chi connectivity index (χ4v) is 2.05. The van der Waals surface area contributed by atoms with Crippen LogP contribution in [0.4, 0.5) is 0 Å². The Bertz CT molecular complexity index is 485. The molecule has 0 aliphatic rings. The lowest BCUT2D eigenvalue weighted by Crippen LogP contribution is -1.97. The smallest absolute Gasteiger partial charge is 0.106 e. The second kappa shape index (κ2) is 3.28. The standard InChI is InChI=1S/C11H13ClN2/c1-4-14-8(3)13-9-6-5-7(2)10(12)11(9)14/h5-6H,4H2,1-3H3. The minimum atomic E-state index is 0.824. The summed E-state index contributed by atoms with van der Waals surface area (Å²) in [5.41, 5.74) is 3.15. The average Bonchev–Trinajstić information content (AvgIpc) is 2.48. The van der Waals surface area contributed by atoms with Gasteiger partial charge in [0.05, 0.1) is 16.1 Å². The van der Waals surface area contributed by atoms with Crippen LogP contribution in [0.25, 0.3) is 11.0 Å². The summed E-state index contributed by atoms with van der Waals surface area (Å²) in [5, 5.41) is 0.824. The second-order valence-electron chi connectivity index (χ2n) is 3.47. The molecular weight excluding hydrogens is 196 g/mol. The van der Waals surface area contributed by atoms with E-state index in [-0.39, 0.29) is 0 Å². The van der Waals surface area contributed by atoms with E-state index < -0.39 is 0 Å². The molecule has 0 N–H and O–H groups in total. The van der Waals surface area contributed by atoms with Gasteiger partial charge in [-0.15, -0.1) is 0 Å². The number of benzene rings is 1. The van der Waals surface area contributed by atoms with Crippen LogP contribution >= 0.6 is 11.6 Å². The molecule has 2 rings (SSSR count). The van der Waals surface area contributed by atoms with E-state index in [1.54, 1.807) is 0 Å². The van der Waals surface area contributed by atoms with E-state index in [2.05, 4.69) is 16.5 Å². The molecule has 1 aromatic heterocycles. The lowest BCUT2D eigenvalue weighted by molar-refractivity contribution is 0.753. The average molecular weight is 209 g/mol. The fraction of sp³-hybridized carbons (Fsp3) is 0.364. The molecule has 2 aromatic rings. The first kappa shape index (κ1) is 9.53. The Kier molecular flexibility index (Phi) is 2.23. The summed E-state index contributed by atoms with van der Waals surface area (Å²) >= 11 is 6.26. The minimum Gasteiger partial charge on any atom is -0.327 e. The van der Waals surface area contributed by atoms with Crippen molar-refractivity contribution in [2.24, 2.45) is 0 Å². The molecule has 0 saturated heterocycles. The van der Waals surface area contributed by atoms with Crippen LogP contribution in [0.3, 0.4) is 0 Å². The molecule has 0 bridgehead atoms. The van der Waals surface area contributed by atoms with Gasteiger partial charge in [-0.05, 0) is 32.4 Å². The number of rotatable bonds is 1. The van der Waals surface area contributed by atoms with Crippen molar-refractivity contribution in [3.05, 3.63) is 28.5 Å². The highest BCUT2D eigenvalue weighted by molar-refractivity contribution is 6.35. The Labute approximate surface area is 88.5 Å². The quantitative estimate of drug-likeness (QED) is 0.703. The van der Waals surface area contributed by atoms with Gasteiger partial charge in [-0.1, -0.05) is 17.7 Å². The van der Waals surface area contributed by atoms with Crippen LogP contribution in [0.2, 0.25) is 5.02 Å². The summed E-state index contributed by atoms with van der Waals surface area (Å²) < 4.78 is 2.14. The van der Waals surface area contributed by atoms with Gasteiger partial charge in [0.2, 0.25) is 0 Å². The molecule has 0 aliphatic carbocycles. The van der Waals surface area contributed by atoms with Gasteiger partial charge in [-0.25, -0.2) is 4.98 Å². The molecule has 14 heavy (non-hydrogen) atoms. The molecule has 0 amide bonds. The van der Waals surface area contributed by atoms with Gasteiger partial charge in [-0.3, -0.25) is 0 Å². The van der Waals surface area contributed by atoms with Gasteiger partial charge in [-0.2, -0.15) is 0 Å². The normalized spacial score (nSPS) is 11.1. The van der Waals surface area contributed by atoms with Crippen LogP contribution in [0.5, 0.6) is 0 Å². The summed E-state index contributed by atoms with van der Waals surface area (Å²) in [5.74, 6) is 1.02. The van der Waals surface area contributed by atoms with E-state index >= 15 is 0 Å². The molecule has 0 spiro atoms. The SMILES string of the molecule is CCn1c(C)nc2ccc(C)c(Cl)c21. The van der Waals surface area contributed by atoms with Gasteiger partial charge in [0, 0.05) is 6.54 Å². The number of imidazole rings is 1. The number of fused-ring (bicyclic) bond motifs is 1. The first-order chi connectivity index (χ1) is 6.65. The molecule has 0 aliphatic heterocycles. The van der Waals surface area contributed by atoms with Crippen molar-refractivity contribution in [1.82, 2.24) is 9.55 Å². The number of hydrogen-bond donors (Lipinski definition) is 0. The summed E-state index contributed by atoms with van der Waals surface area (Å²) in [6.45, 7) is 7.04. The number of aromatic nitrogens is 2. The van der Waals surface area contributed by atoms with E-state index in [1.165, 1.54) is 0 Å². The highest BCUT2D eigenvalue weighted by Crippen LogP contribution is 2.27. The molecule has 2 nitrogen and oxygen atoms in total. The topological polar surface area (TPSA) is 17.8 Å². The van der Waals surface area contributed by atoms with Crippen LogP contribution in [0, 0.1) is 13.8 Å². The van der Waals surface area contributed by atoms with Crippen molar-refractivity contribution >= 4 is 22.6 Å². The zero-order valence-electron chi connectivity index (χ0n) is 8.63. The number of halogens is 1. The Morgan fingerprint density at radius 1 is 1.36 bits per heavy atom. The molecule has 0 atom stereocenters. The maximum Gasteiger partial charge on any atom is 0.106 e. The van der Waals surface area contributed by atoms with Crippen molar-refractivity contribution < 1.29 is 0 Å².